The summed E-state index contributed by atoms with van der Waals surface area (Å²) in [5, 5.41) is 0. The minimum absolute atomic E-state index is 0.257. The van der Waals surface area contributed by atoms with Gasteiger partial charge in [0.05, 0.1) is 17.7 Å². The molecule has 25 heavy (non-hydrogen) atoms. The van der Waals surface area contributed by atoms with Crippen LogP contribution in [0.25, 0.3) is 11.1 Å². The van der Waals surface area contributed by atoms with E-state index in [9.17, 15) is 8.42 Å². The Morgan fingerprint density at radius 3 is 2.04 bits per heavy atom. The first-order chi connectivity index (χ1) is 12.0. The number of sulfonamides is 1. The molecular formula is C20H19NO3S. The molecule has 0 bridgehead atoms. The lowest BCUT2D eigenvalue weighted by molar-refractivity contribution is 0.415. The van der Waals surface area contributed by atoms with Gasteiger partial charge < -0.3 is 4.74 Å². The Balaban J connectivity index is 2.14. The van der Waals surface area contributed by atoms with Crippen LogP contribution in [0.15, 0.2) is 83.8 Å². The van der Waals surface area contributed by atoms with E-state index >= 15 is 0 Å². The molecule has 0 unspecified atom stereocenters. The maximum atomic E-state index is 13.0. The molecule has 0 spiro atoms. The van der Waals surface area contributed by atoms with Gasteiger partial charge in [-0.2, -0.15) is 0 Å². The van der Waals surface area contributed by atoms with E-state index in [1.165, 1.54) is 4.31 Å². The third kappa shape index (κ3) is 3.37. The molecule has 128 valence electrons. The number of hydrogen-bond donors (Lipinski definition) is 0. The van der Waals surface area contributed by atoms with Crippen molar-refractivity contribution in [2.24, 2.45) is 0 Å². The summed E-state index contributed by atoms with van der Waals surface area (Å²) in [7, 11) is -0.492. The predicted octanol–water partition coefficient (Wildman–Crippen LogP) is 4.19. The van der Waals surface area contributed by atoms with Crippen LogP contribution in [0.4, 0.5) is 5.69 Å². The van der Waals surface area contributed by atoms with Gasteiger partial charge in [0.1, 0.15) is 5.75 Å². The highest BCUT2D eigenvalue weighted by Gasteiger charge is 2.23. The fourth-order valence-corrected chi connectivity index (χ4v) is 3.88. The zero-order chi connectivity index (χ0) is 17.9. The highest BCUT2D eigenvalue weighted by molar-refractivity contribution is 7.92. The fraction of sp³-hybridized carbons (Fsp3) is 0.100. The van der Waals surface area contributed by atoms with Crippen molar-refractivity contribution in [2.45, 2.75) is 4.90 Å². The van der Waals surface area contributed by atoms with E-state index in [-0.39, 0.29) is 4.90 Å². The molecule has 0 aliphatic heterocycles. The van der Waals surface area contributed by atoms with Gasteiger partial charge in [-0.1, -0.05) is 48.5 Å². The summed E-state index contributed by atoms with van der Waals surface area (Å²) in [5.41, 5.74) is 2.31. The van der Waals surface area contributed by atoms with Crippen molar-refractivity contribution in [3.8, 4) is 16.9 Å². The van der Waals surface area contributed by atoms with Gasteiger partial charge in [-0.25, -0.2) is 8.42 Å². The second-order valence-corrected chi connectivity index (χ2v) is 7.50. The summed E-state index contributed by atoms with van der Waals surface area (Å²) in [6.45, 7) is 0. The molecule has 0 aliphatic carbocycles. The average molecular weight is 353 g/mol. The first-order valence-corrected chi connectivity index (χ1v) is 9.25. The Bertz CT molecular complexity index is 955. The Labute approximate surface area is 148 Å². The third-order valence-electron chi connectivity index (χ3n) is 4.03. The predicted molar refractivity (Wildman–Crippen MR) is 100 cm³/mol. The van der Waals surface area contributed by atoms with Crippen LogP contribution in [-0.2, 0) is 10.0 Å². The first kappa shape index (κ1) is 17.0. The Hall–Kier alpha value is -2.79. The third-order valence-corrected chi connectivity index (χ3v) is 5.82. The molecule has 0 saturated heterocycles. The van der Waals surface area contributed by atoms with Gasteiger partial charge in [0.2, 0.25) is 0 Å². The number of methoxy groups -OCH3 is 1. The van der Waals surface area contributed by atoms with Crippen LogP contribution >= 0.6 is 0 Å². The molecule has 3 rings (SSSR count). The largest absolute Gasteiger partial charge is 0.497 e. The molecule has 0 saturated carbocycles. The van der Waals surface area contributed by atoms with Gasteiger partial charge in [0.15, 0.2) is 0 Å². The van der Waals surface area contributed by atoms with Crippen molar-refractivity contribution in [1.82, 2.24) is 0 Å². The zero-order valence-electron chi connectivity index (χ0n) is 14.1. The molecule has 4 nitrogen and oxygen atoms in total. The number of nitrogens with zero attached hydrogens (tertiary/aromatic N) is 1. The van der Waals surface area contributed by atoms with Gasteiger partial charge >= 0.3 is 0 Å². The van der Waals surface area contributed by atoms with Crippen molar-refractivity contribution in [3.63, 3.8) is 0 Å². The molecule has 0 heterocycles. The highest BCUT2D eigenvalue weighted by atomic mass is 32.2. The Morgan fingerprint density at radius 2 is 1.44 bits per heavy atom. The maximum Gasteiger partial charge on any atom is 0.264 e. The van der Waals surface area contributed by atoms with Gasteiger partial charge in [0, 0.05) is 12.6 Å². The lowest BCUT2D eigenvalue weighted by atomic mass is 10.0. The van der Waals surface area contributed by atoms with Crippen LogP contribution < -0.4 is 9.04 Å². The van der Waals surface area contributed by atoms with Crippen molar-refractivity contribution in [2.75, 3.05) is 18.5 Å². The summed E-state index contributed by atoms with van der Waals surface area (Å²) < 4.78 is 32.6. The molecule has 3 aromatic rings. The second kappa shape index (κ2) is 6.99. The summed E-state index contributed by atoms with van der Waals surface area (Å²) in [4.78, 5) is 0.257. The molecule has 0 fully saturated rings. The van der Waals surface area contributed by atoms with E-state index in [0.717, 1.165) is 11.1 Å². The molecule has 0 aliphatic rings. The molecule has 5 heteroatoms. The Morgan fingerprint density at radius 1 is 0.840 bits per heavy atom. The number of benzene rings is 3. The molecule has 0 N–H and O–H groups in total. The fourth-order valence-electron chi connectivity index (χ4n) is 2.65. The van der Waals surface area contributed by atoms with Crippen LogP contribution in [0.3, 0.4) is 0 Å². The molecular weight excluding hydrogens is 334 g/mol. The van der Waals surface area contributed by atoms with Gasteiger partial charge in [0.25, 0.3) is 10.0 Å². The number of ether oxygens (including phenoxy) is 1. The second-order valence-electron chi connectivity index (χ2n) is 5.53. The van der Waals surface area contributed by atoms with Gasteiger partial charge in [-0.05, 0) is 35.9 Å². The summed E-state index contributed by atoms with van der Waals surface area (Å²) in [6, 6.07) is 23.4. The smallest absolute Gasteiger partial charge is 0.264 e. The lowest BCUT2D eigenvalue weighted by Crippen LogP contribution is -2.27. The molecule has 3 aromatic carbocycles. The topological polar surface area (TPSA) is 46.6 Å². The maximum absolute atomic E-state index is 13.0. The van der Waals surface area contributed by atoms with Crippen LogP contribution in [0.2, 0.25) is 0 Å². The number of anilines is 1. The summed E-state index contributed by atoms with van der Waals surface area (Å²) in [6.07, 6.45) is 0. The van der Waals surface area contributed by atoms with Crippen molar-refractivity contribution < 1.29 is 13.2 Å². The van der Waals surface area contributed by atoms with Gasteiger partial charge in [-0.3, -0.25) is 4.31 Å². The van der Waals surface area contributed by atoms with Crippen molar-refractivity contribution in [1.29, 1.82) is 0 Å². The van der Waals surface area contributed by atoms with E-state index < -0.39 is 10.0 Å². The molecule has 0 amide bonds. The standard InChI is InChI=1S/C20H19NO3S/c1-21(25(22,23)18-11-7-4-8-12-18)20-14-13-17(24-2)15-19(20)16-9-5-3-6-10-16/h3-15H,1-2H3. The van der Waals surface area contributed by atoms with Crippen LogP contribution in [0.1, 0.15) is 0 Å². The molecule has 0 aromatic heterocycles. The first-order valence-electron chi connectivity index (χ1n) is 7.81. The average Bonchev–Trinajstić information content (AvgIpc) is 2.68. The van der Waals surface area contributed by atoms with Crippen LogP contribution in [-0.4, -0.2) is 22.6 Å². The highest BCUT2D eigenvalue weighted by Crippen LogP contribution is 2.35. The van der Waals surface area contributed by atoms with Crippen molar-refractivity contribution >= 4 is 15.7 Å². The molecule has 0 radical (unpaired) electrons. The van der Waals surface area contributed by atoms with Crippen molar-refractivity contribution in [3.05, 3.63) is 78.9 Å². The molecule has 0 atom stereocenters. The zero-order valence-corrected chi connectivity index (χ0v) is 14.9. The quantitative estimate of drug-likeness (QED) is 0.691. The van der Waals surface area contributed by atoms with Gasteiger partial charge in [-0.15, -0.1) is 0 Å². The number of rotatable bonds is 5. The minimum Gasteiger partial charge on any atom is -0.497 e. The Kier molecular flexibility index (Phi) is 4.76. The van der Waals surface area contributed by atoms with Crippen LogP contribution in [0.5, 0.6) is 5.75 Å². The summed E-state index contributed by atoms with van der Waals surface area (Å²) in [5.74, 6) is 0.674. The minimum atomic E-state index is -3.65. The van der Waals surface area contributed by atoms with E-state index in [4.69, 9.17) is 4.74 Å². The van der Waals surface area contributed by atoms with Crippen LogP contribution in [0, 0.1) is 0 Å². The number of hydrogen-bond acceptors (Lipinski definition) is 3. The van der Waals surface area contributed by atoms with E-state index in [1.807, 2.05) is 36.4 Å². The lowest BCUT2D eigenvalue weighted by Gasteiger charge is -2.23. The normalized spacial score (nSPS) is 11.1. The van der Waals surface area contributed by atoms with E-state index in [1.54, 1.807) is 56.6 Å². The van der Waals surface area contributed by atoms with E-state index in [2.05, 4.69) is 0 Å². The SMILES string of the molecule is COc1ccc(N(C)S(=O)(=O)c2ccccc2)c(-c2ccccc2)c1. The van der Waals surface area contributed by atoms with E-state index in [0.29, 0.717) is 11.4 Å². The monoisotopic (exact) mass is 353 g/mol. The summed E-state index contributed by atoms with van der Waals surface area (Å²) >= 11 is 0.